The lowest BCUT2D eigenvalue weighted by Crippen LogP contribution is -2.40. The average Bonchev–Trinajstić information content (AvgIpc) is 2.87. The molecule has 5 atom stereocenters. The molecule has 0 spiro atoms. The summed E-state index contributed by atoms with van der Waals surface area (Å²) in [4.78, 5) is 0. The number of hydrogen-bond donors (Lipinski definition) is 1. The van der Waals surface area contributed by atoms with Crippen LogP contribution in [0.25, 0.3) is 0 Å². The summed E-state index contributed by atoms with van der Waals surface area (Å²) in [6.07, 6.45) is -1.16. The second-order valence-electron chi connectivity index (χ2n) is 6.28. The van der Waals surface area contributed by atoms with Crippen molar-refractivity contribution in [1.82, 2.24) is 0 Å². The van der Waals surface area contributed by atoms with E-state index in [0.717, 1.165) is 0 Å². The van der Waals surface area contributed by atoms with Crippen molar-refractivity contribution in [2.45, 2.75) is 63.9 Å². The van der Waals surface area contributed by atoms with E-state index in [4.69, 9.17) is 23.7 Å². The molecular formula is C13H22O6. The van der Waals surface area contributed by atoms with Crippen molar-refractivity contribution in [1.29, 1.82) is 0 Å². The Labute approximate surface area is 112 Å². The first-order chi connectivity index (χ1) is 8.81. The minimum absolute atomic E-state index is 0.0223. The molecule has 0 aromatic carbocycles. The second kappa shape index (κ2) is 4.38. The van der Waals surface area contributed by atoms with Gasteiger partial charge in [0.15, 0.2) is 17.9 Å². The second-order valence-corrected chi connectivity index (χ2v) is 6.28. The van der Waals surface area contributed by atoms with Crippen LogP contribution in [0.2, 0.25) is 0 Å². The van der Waals surface area contributed by atoms with Crippen LogP contribution in [0.4, 0.5) is 0 Å². The third-order valence-electron chi connectivity index (χ3n) is 3.83. The minimum Gasteiger partial charge on any atom is -0.396 e. The van der Waals surface area contributed by atoms with Crippen molar-refractivity contribution in [2.75, 3.05) is 13.2 Å². The highest BCUT2D eigenvalue weighted by molar-refractivity contribution is 4.97. The molecule has 3 heterocycles. The van der Waals surface area contributed by atoms with Crippen molar-refractivity contribution >= 4 is 0 Å². The molecule has 3 fully saturated rings. The van der Waals surface area contributed by atoms with Crippen molar-refractivity contribution in [3.05, 3.63) is 0 Å². The fraction of sp³-hybridized carbons (Fsp3) is 1.00. The standard InChI is InChI=1S/C13H22O6/c1-12(2)15-6-8(17-12)9-7(5-14)10-11(16-9)19-13(3,4)18-10/h7-11,14H,5-6H2,1-4H3/t7-,8?,9-,10+,11?/m0/s1. The molecule has 0 aromatic heterocycles. The van der Waals surface area contributed by atoms with Gasteiger partial charge >= 0.3 is 0 Å². The van der Waals surface area contributed by atoms with E-state index >= 15 is 0 Å². The Balaban J connectivity index is 1.72. The molecule has 0 bridgehead atoms. The molecule has 3 aliphatic heterocycles. The number of fused-ring (bicyclic) bond motifs is 1. The molecule has 3 saturated heterocycles. The summed E-state index contributed by atoms with van der Waals surface area (Å²) in [6, 6.07) is 0. The molecule has 6 heteroatoms. The molecule has 110 valence electrons. The average molecular weight is 274 g/mol. The van der Waals surface area contributed by atoms with Gasteiger partial charge in [-0.2, -0.15) is 0 Å². The van der Waals surface area contributed by atoms with Crippen LogP contribution < -0.4 is 0 Å². The van der Waals surface area contributed by atoms with Crippen LogP contribution >= 0.6 is 0 Å². The highest BCUT2D eigenvalue weighted by Gasteiger charge is 2.57. The molecule has 2 unspecified atom stereocenters. The minimum atomic E-state index is -0.667. The van der Waals surface area contributed by atoms with Crippen molar-refractivity contribution in [2.24, 2.45) is 5.92 Å². The quantitative estimate of drug-likeness (QED) is 0.796. The van der Waals surface area contributed by atoms with E-state index in [1.54, 1.807) is 0 Å². The molecule has 0 aliphatic carbocycles. The van der Waals surface area contributed by atoms with Crippen molar-refractivity contribution < 1.29 is 28.8 Å². The van der Waals surface area contributed by atoms with Gasteiger partial charge in [0.1, 0.15) is 12.2 Å². The monoisotopic (exact) mass is 274 g/mol. The SMILES string of the molecule is CC1(C)OCC([C@H]2OC3OC(C)(C)O[C@@H]3[C@H]2CO)O1. The molecule has 3 rings (SSSR count). The molecule has 0 saturated carbocycles. The third-order valence-corrected chi connectivity index (χ3v) is 3.83. The summed E-state index contributed by atoms with van der Waals surface area (Å²) in [6.45, 7) is 7.86. The largest absolute Gasteiger partial charge is 0.396 e. The molecule has 19 heavy (non-hydrogen) atoms. The fourth-order valence-corrected chi connectivity index (χ4v) is 3.04. The van der Waals surface area contributed by atoms with Gasteiger partial charge in [0, 0.05) is 5.92 Å². The first-order valence-electron chi connectivity index (χ1n) is 6.75. The Morgan fingerprint density at radius 3 is 2.32 bits per heavy atom. The molecule has 0 radical (unpaired) electrons. The van der Waals surface area contributed by atoms with Gasteiger partial charge < -0.3 is 28.8 Å². The van der Waals surface area contributed by atoms with E-state index in [-0.39, 0.29) is 30.8 Å². The molecule has 1 N–H and O–H groups in total. The number of rotatable bonds is 2. The van der Waals surface area contributed by atoms with Crippen LogP contribution in [0.15, 0.2) is 0 Å². The topological polar surface area (TPSA) is 66.4 Å². The lowest BCUT2D eigenvalue weighted by molar-refractivity contribution is -0.228. The van der Waals surface area contributed by atoms with E-state index < -0.39 is 17.9 Å². The van der Waals surface area contributed by atoms with Gasteiger partial charge in [0.25, 0.3) is 0 Å². The van der Waals surface area contributed by atoms with Crippen LogP contribution in [-0.2, 0) is 23.7 Å². The zero-order valence-corrected chi connectivity index (χ0v) is 11.8. The summed E-state index contributed by atoms with van der Waals surface area (Å²) in [5.41, 5.74) is 0. The van der Waals surface area contributed by atoms with Gasteiger partial charge in [0.05, 0.1) is 19.3 Å². The van der Waals surface area contributed by atoms with E-state index in [2.05, 4.69) is 0 Å². The van der Waals surface area contributed by atoms with E-state index in [1.807, 2.05) is 27.7 Å². The van der Waals surface area contributed by atoms with Crippen LogP contribution in [0.3, 0.4) is 0 Å². The van der Waals surface area contributed by atoms with Gasteiger partial charge in [-0.05, 0) is 27.7 Å². The summed E-state index contributed by atoms with van der Waals surface area (Å²) in [5.74, 6) is -1.43. The van der Waals surface area contributed by atoms with Crippen LogP contribution in [0.1, 0.15) is 27.7 Å². The first kappa shape index (κ1) is 13.7. The van der Waals surface area contributed by atoms with Gasteiger partial charge in [0.2, 0.25) is 0 Å². The third kappa shape index (κ3) is 2.41. The van der Waals surface area contributed by atoms with E-state index in [0.29, 0.717) is 6.61 Å². The zero-order valence-electron chi connectivity index (χ0n) is 11.8. The summed E-state index contributed by atoms with van der Waals surface area (Å²) < 4.78 is 28.8. The van der Waals surface area contributed by atoms with Gasteiger partial charge in [-0.3, -0.25) is 0 Å². The smallest absolute Gasteiger partial charge is 0.188 e. The number of aliphatic hydroxyl groups excluding tert-OH is 1. The van der Waals surface area contributed by atoms with Gasteiger partial charge in [-0.25, -0.2) is 0 Å². The predicted molar refractivity (Wildman–Crippen MR) is 64.2 cm³/mol. The lowest BCUT2D eigenvalue weighted by Gasteiger charge is -2.28. The van der Waals surface area contributed by atoms with Crippen molar-refractivity contribution in [3.8, 4) is 0 Å². The summed E-state index contributed by atoms with van der Waals surface area (Å²) >= 11 is 0. The number of hydrogen-bond acceptors (Lipinski definition) is 6. The van der Waals surface area contributed by atoms with Crippen molar-refractivity contribution in [3.63, 3.8) is 0 Å². The molecule has 6 nitrogen and oxygen atoms in total. The van der Waals surface area contributed by atoms with Crippen LogP contribution in [0, 0.1) is 5.92 Å². The lowest BCUT2D eigenvalue weighted by atomic mass is 9.96. The number of aliphatic hydroxyl groups is 1. The summed E-state index contributed by atoms with van der Waals surface area (Å²) in [5, 5.41) is 9.63. The van der Waals surface area contributed by atoms with Gasteiger partial charge in [-0.15, -0.1) is 0 Å². The van der Waals surface area contributed by atoms with Gasteiger partial charge in [-0.1, -0.05) is 0 Å². The van der Waals surface area contributed by atoms with E-state index in [1.165, 1.54) is 0 Å². The predicted octanol–water partition coefficient (Wildman–Crippen LogP) is 0.623. The van der Waals surface area contributed by atoms with Crippen LogP contribution in [0.5, 0.6) is 0 Å². The highest BCUT2D eigenvalue weighted by atomic mass is 16.8. The molecule has 0 amide bonds. The Kier molecular flexibility index (Phi) is 3.16. The Hall–Kier alpha value is -0.240. The number of ether oxygens (including phenoxy) is 5. The Morgan fingerprint density at radius 1 is 1.00 bits per heavy atom. The normalized spacial score (nSPS) is 47.5. The first-order valence-corrected chi connectivity index (χ1v) is 6.75. The summed E-state index contributed by atoms with van der Waals surface area (Å²) in [7, 11) is 0. The fourth-order valence-electron chi connectivity index (χ4n) is 3.04. The molecule has 3 aliphatic rings. The van der Waals surface area contributed by atoms with E-state index in [9.17, 15) is 5.11 Å². The molecular weight excluding hydrogens is 252 g/mol. The Morgan fingerprint density at radius 2 is 1.74 bits per heavy atom. The maximum atomic E-state index is 9.63. The highest BCUT2D eigenvalue weighted by Crippen LogP contribution is 2.43. The van der Waals surface area contributed by atoms with Crippen LogP contribution in [-0.4, -0.2) is 54.5 Å². The zero-order chi connectivity index (χ0) is 13.8. The maximum absolute atomic E-state index is 9.63. The Bertz CT molecular complexity index is 355. The maximum Gasteiger partial charge on any atom is 0.188 e. The molecule has 0 aromatic rings.